The molecule has 0 aliphatic carbocycles. The maximum Gasteiger partial charge on any atom is 0.255 e. The number of nitrogens with one attached hydrogen (secondary N) is 1. The standard InChI is InChI=1S/C13H10N2O2/c16-13(10-4-2-1-3-5-10)14-11-6-8-12(15-17)9-7-11/h1-9H,(H,14,16). The van der Waals surface area contributed by atoms with E-state index in [1.807, 2.05) is 6.07 Å². The van der Waals surface area contributed by atoms with Crippen molar-refractivity contribution in [2.45, 2.75) is 0 Å². The molecule has 0 saturated heterocycles. The fraction of sp³-hybridized carbons (Fsp3) is 0. The molecule has 2 rings (SSSR count). The molecule has 0 heterocycles. The lowest BCUT2D eigenvalue weighted by molar-refractivity contribution is 0.102. The van der Waals surface area contributed by atoms with Crippen molar-refractivity contribution in [3.63, 3.8) is 0 Å². The lowest BCUT2D eigenvalue weighted by Gasteiger charge is -2.04. The zero-order valence-electron chi connectivity index (χ0n) is 8.96. The minimum Gasteiger partial charge on any atom is -0.322 e. The van der Waals surface area contributed by atoms with Crippen LogP contribution in [0.3, 0.4) is 0 Å². The van der Waals surface area contributed by atoms with Crippen molar-refractivity contribution in [3.05, 3.63) is 65.1 Å². The molecule has 0 spiro atoms. The Morgan fingerprint density at radius 2 is 1.59 bits per heavy atom. The van der Waals surface area contributed by atoms with Crippen LogP contribution >= 0.6 is 0 Å². The third-order valence-electron chi connectivity index (χ3n) is 2.27. The highest BCUT2D eigenvalue weighted by Crippen LogP contribution is 2.16. The Balaban J connectivity index is 2.10. The predicted molar refractivity (Wildman–Crippen MR) is 66.3 cm³/mol. The summed E-state index contributed by atoms with van der Waals surface area (Å²) in [4.78, 5) is 22.0. The molecule has 0 radical (unpaired) electrons. The number of hydrogen-bond acceptors (Lipinski definition) is 3. The Bertz CT molecular complexity index is 521. The SMILES string of the molecule is O=Nc1ccc(NC(=O)c2ccccc2)cc1. The van der Waals surface area contributed by atoms with Crippen molar-refractivity contribution in [1.82, 2.24) is 0 Å². The van der Waals surface area contributed by atoms with E-state index in [-0.39, 0.29) is 5.91 Å². The molecule has 0 aliphatic heterocycles. The van der Waals surface area contributed by atoms with Gasteiger partial charge < -0.3 is 5.32 Å². The third kappa shape index (κ3) is 2.75. The van der Waals surface area contributed by atoms with Gasteiger partial charge in [-0.25, -0.2) is 0 Å². The van der Waals surface area contributed by atoms with Gasteiger partial charge in [0, 0.05) is 11.3 Å². The molecule has 2 aromatic carbocycles. The summed E-state index contributed by atoms with van der Waals surface area (Å²) in [6.45, 7) is 0. The van der Waals surface area contributed by atoms with Gasteiger partial charge in [-0.05, 0) is 41.6 Å². The molecule has 0 aromatic heterocycles. The van der Waals surface area contributed by atoms with Crippen molar-refractivity contribution in [3.8, 4) is 0 Å². The van der Waals surface area contributed by atoms with Crippen molar-refractivity contribution < 1.29 is 4.79 Å². The van der Waals surface area contributed by atoms with E-state index in [1.165, 1.54) is 0 Å². The summed E-state index contributed by atoms with van der Waals surface area (Å²) in [7, 11) is 0. The van der Waals surface area contributed by atoms with Gasteiger partial charge in [-0.3, -0.25) is 4.79 Å². The van der Waals surface area contributed by atoms with Crippen LogP contribution in [-0.4, -0.2) is 5.91 Å². The molecule has 0 fully saturated rings. The van der Waals surface area contributed by atoms with Gasteiger partial charge in [0.15, 0.2) is 0 Å². The number of hydrogen-bond donors (Lipinski definition) is 1. The largest absolute Gasteiger partial charge is 0.322 e. The Morgan fingerprint density at radius 3 is 2.18 bits per heavy atom. The van der Waals surface area contributed by atoms with Gasteiger partial charge in [0.05, 0.1) is 0 Å². The summed E-state index contributed by atoms with van der Waals surface area (Å²) in [5.41, 5.74) is 1.55. The molecule has 84 valence electrons. The Labute approximate surface area is 98.3 Å². The average Bonchev–Trinajstić information content (AvgIpc) is 2.40. The van der Waals surface area contributed by atoms with Crippen LogP contribution in [0.5, 0.6) is 0 Å². The fourth-order valence-electron chi connectivity index (χ4n) is 1.40. The van der Waals surface area contributed by atoms with Crippen LogP contribution in [0, 0.1) is 4.91 Å². The van der Waals surface area contributed by atoms with Crippen LogP contribution in [0.25, 0.3) is 0 Å². The molecule has 0 bridgehead atoms. The van der Waals surface area contributed by atoms with Crippen molar-refractivity contribution >= 4 is 17.3 Å². The minimum absolute atomic E-state index is 0.183. The number of nitrogens with zero attached hydrogens (tertiary/aromatic N) is 1. The highest BCUT2D eigenvalue weighted by atomic mass is 16.3. The molecular formula is C13H10N2O2. The van der Waals surface area contributed by atoms with E-state index in [0.29, 0.717) is 16.9 Å². The number of carbonyl (C=O) groups is 1. The van der Waals surface area contributed by atoms with Gasteiger partial charge in [0.1, 0.15) is 5.69 Å². The molecule has 1 N–H and O–H groups in total. The second kappa shape index (κ2) is 5.03. The van der Waals surface area contributed by atoms with E-state index in [4.69, 9.17) is 0 Å². The number of rotatable bonds is 3. The predicted octanol–water partition coefficient (Wildman–Crippen LogP) is 3.34. The van der Waals surface area contributed by atoms with Gasteiger partial charge in [0.2, 0.25) is 0 Å². The maximum atomic E-state index is 11.8. The van der Waals surface area contributed by atoms with Crippen LogP contribution in [0.1, 0.15) is 10.4 Å². The van der Waals surface area contributed by atoms with Gasteiger partial charge in [-0.2, -0.15) is 0 Å². The van der Waals surface area contributed by atoms with E-state index >= 15 is 0 Å². The topological polar surface area (TPSA) is 58.5 Å². The van der Waals surface area contributed by atoms with Crippen LogP contribution < -0.4 is 5.32 Å². The van der Waals surface area contributed by atoms with Gasteiger partial charge in [-0.1, -0.05) is 18.2 Å². The number of anilines is 1. The van der Waals surface area contributed by atoms with E-state index in [0.717, 1.165) is 0 Å². The Hall–Kier alpha value is -2.49. The van der Waals surface area contributed by atoms with Crippen molar-refractivity contribution in [2.24, 2.45) is 5.18 Å². The number of carbonyl (C=O) groups excluding carboxylic acids is 1. The molecule has 2 aromatic rings. The monoisotopic (exact) mass is 226 g/mol. The fourth-order valence-corrected chi connectivity index (χ4v) is 1.40. The number of amides is 1. The Morgan fingerprint density at radius 1 is 0.941 bits per heavy atom. The van der Waals surface area contributed by atoms with E-state index in [9.17, 15) is 9.70 Å². The normalized spacial score (nSPS) is 9.65. The van der Waals surface area contributed by atoms with E-state index < -0.39 is 0 Å². The summed E-state index contributed by atoms with van der Waals surface area (Å²) < 4.78 is 0. The quantitative estimate of drug-likeness (QED) is 0.816. The highest BCUT2D eigenvalue weighted by Gasteiger charge is 2.04. The Kier molecular flexibility index (Phi) is 3.25. The molecule has 4 nitrogen and oxygen atoms in total. The van der Waals surface area contributed by atoms with Crippen LogP contribution in [0.15, 0.2) is 59.8 Å². The molecule has 0 atom stereocenters. The molecule has 0 unspecified atom stereocenters. The first kappa shape index (κ1) is 11.0. The minimum atomic E-state index is -0.183. The number of benzene rings is 2. The summed E-state index contributed by atoms with van der Waals surface area (Å²) in [6.07, 6.45) is 0. The molecule has 0 aliphatic rings. The summed E-state index contributed by atoms with van der Waals surface area (Å²) in [5.74, 6) is -0.183. The van der Waals surface area contributed by atoms with Crippen LogP contribution in [0.4, 0.5) is 11.4 Å². The lowest BCUT2D eigenvalue weighted by Crippen LogP contribution is -2.11. The molecular weight excluding hydrogens is 216 g/mol. The van der Waals surface area contributed by atoms with Crippen molar-refractivity contribution in [1.29, 1.82) is 0 Å². The lowest BCUT2D eigenvalue weighted by atomic mass is 10.2. The van der Waals surface area contributed by atoms with Gasteiger partial charge in [-0.15, -0.1) is 4.91 Å². The summed E-state index contributed by atoms with van der Waals surface area (Å²) >= 11 is 0. The molecule has 1 amide bonds. The smallest absolute Gasteiger partial charge is 0.255 e. The van der Waals surface area contributed by atoms with Gasteiger partial charge >= 0.3 is 0 Å². The van der Waals surface area contributed by atoms with E-state index in [2.05, 4.69) is 10.5 Å². The second-order valence-electron chi connectivity index (χ2n) is 3.46. The third-order valence-corrected chi connectivity index (χ3v) is 2.27. The van der Waals surface area contributed by atoms with Crippen LogP contribution in [0.2, 0.25) is 0 Å². The van der Waals surface area contributed by atoms with E-state index in [1.54, 1.807) is 48.5 Å². The second-order valence-corrected chi connectivity index (χ2v) is 3.46. The van der Waals surface area contributed by atoms with Crippen molar-refractivity contribution in [2.75, 3.05) is 5.32 Å². The van der Waals surface area contributed by atoms with Crippen LogP contribution in [-0.2, 0) is 0 Å². The first-order valence-corrected chi connectivity index (χ1v) is 5.09. The molecule has 17 heavy (non-hydrogen) atoms. The highest BCUT2D eigenvalue weighted by molar-refractivity contribution is 6.04. The van der Waals surface area contributed by atoms with Gasteiger partial charge in [0.25, 0.3) is 5.91 Å². The number of nitroso groups, excluding NO2 is 1. The summed E-state index contributed by atoms with van der Waals surface area (Å²) in [5, 5.41) is 5.51. The maximum absolute atomic E-state index is 11.8. The molecule has 0 saturated carbocycles. The first-order chi connectivity index (χ1) is 8.29. The average molecular weight is 226 g/mol. The molecule has 4 heteroatoms. The zero-order chi connectivity index (χ0) is 12.1. The first-order valence-electron chi connectivity index (χ1n) is 5.09. The zero-order valence-corrected chi connectivity index (χ0v) is 8.96. The summed E-state index contributed by atoms with van der Waals surface area (Å²) in [6, 6.07) is 15.3.